The average Bonchev–Trinajstić information content (AvgIpc) is 2.81. The molecule has 0 aliphatic rings. The second-order valence-electron chi connectivity index (χ2n) is 3.51. The third-order valence-electron chi connectivity index (χ3n) is 2.14. The molecule has 0 amide bonds. The van der Waals surface area contributed by atoms with Crippen molar-refractivity contribution >= 4 is 0 Å². The summed E-state index contributed by atoms with van der Waals surface area (Å²) in [6.07, 6.45) is 2.94. The van der Waals surface area contributed by atoms with E-state index in [1.807, 2.05) is 42.6 Å². The van der Waals surface area contributed by atoms with Crippen molar-refractivity contribution in [2.24, 2.45) is 0 Å². The highest BCUT2D eigenvalue weighted by Crippen LogP contribution is 2.08. The van der Waals surface area contributed by atoms with Gasteiger partial charge in [-0.15, -0.1) is 0 Å². The molecule has 4 nitrogen and oxygen atoms in total. The van der Waals surface area contributed by atoms with Gasteiger partial charge in [0.05, 0.1) is 6.54 Å². The fourth-order valence-corrected chi connectivity index (χ4v) is 1.39. The molecule has 1 atom stereocenters. The quantitative estimate of drug-likeness (QED) is 0.823. The zero-order valence-corrected chi connectivity index (χ0v) is 8.86. The topological polar surface area (TPSA) is 47.3 Å². The van der Waals surface area contributed by atoms with Gasteiger partial charge in [-0.1, -0.05) is 18.2 Å². The summed E-state index contributed by atoms with van der Waals surface area (Å²) in [4.78, 5) is 0. The molecule has 0 radical (unpaired) electrons. The standard InChI is InChI=1S/C12H14N2O2/c15-11(9-14-8-4-7-13-14)10-16-12-5-2-1-3-6-12/h1-8,11,15H,9-10H2. The zero-order chi connectivity index (χ0) is 11.2. The van der Waals surface area contributed by atoms with Crippen molar-refractivity contribution < 1.29 is 9.84 Å². The second-order valence-corrected chi connectivity index (χ2v) is 3.51. The molecule has 84 valence electrons. The lowest BCUT2D eigenvalue weighted by Crippen LogP contribution is -2.23. The minimum Gasteiger partial charge on any atom is -0.491 e. The number of aromatic nitrogens is 2. The maximum absolute atomic E-state index is 9.70. The van der Waals surface area contributed by atoms with Gasteiger partial charge in [0.1, 0.15) is 18.5 Å². The molecular formula is C12H14N2O2. The van der Waals surface area contributed by atoms with E-state index in [1.54, 1.807) is 10.9 Å². The predicted octanol–water partition coefficient (Wildman–Crippen LogP) is 1.32. The van der Waals surface area contributed by atoms with Gasteiger partial charge in [-0.2, -0.15) is 5.10 Å². The van der Waals surface area contributed by atoms with Gasteiger partial charge in [0.2, 0.25) is 0 Å². The van der Waals surface area contributed by atoms with E-state index in [0.717, 1.165) is 5.75 Å². The van der Waals surface area contributed by atoms with E-state index in [9.17, 15) is 5.11 Å². The van der Waals surface area contributed by atoms with Crippen molar-refractivity contribution in [3.63, 3.8) is 0 Å². The highest BCUT2D eigenvalue weighted by molar-refractivity contribution is 5.20. The maximum atomic E-state index is 9.70. The lowest BCUT2D eigenvalue weighted by molar-refractivity contribution is 0.0893. The van der Waals surface area contributed by atoms with E-state index < -0.39 is 6.10 Å². The zero-order valence-electron chi connectivity index (χ0n) is 8.86. The smallest absolute Gasteiger partial charge is 0.119 e. The second kappa shape index (κ2) is 5.32. The van der Waals surface area contributed by atoms with Crippen LogP contribution in [0.1, 0.15) is 0 Å². The molecule has 0 fully saturated rings. The summed E-state index contributed by atoms with van der Waals surface area (Å²) in [5.74, 6) is 0.766. The van der Waals surface area contributed by atoms with Gasteiger partial charge < -0.3 is 9.84 Å². The summed E-state index contributed by atoms with van der Waals surface area (Å²) >= 11 is 0. The van der Waals surface area contributed by atoms with Gasteiger partial charge in [-0.25, -0.2) is 0 Å². The van der Waals surface area contributed by atoms with E-state index >= 15 is 0 Å². The van der Waals surface area contributed by atoms with Gasteiger partial charge in [0.25, 0.3) is 0 Å². The number of nitrogens with zero attached hydrogens (tertiary/aromatic N) is 2. The predicted molar refractivity (Wildman–Crippen MR) is 60.2 cm³/mol. The summed E-state index contributed by atoms with van der Waals surface area (Å²) in [7, 11) is 0. The van der Waals surface area contributed by atoms with Crippen molar-refractivity contribution in [2.45, 2.75) is 12.6 Å². The van der Waals surface area contributed by atoms with Crippen LogP contribution in [0.2, 0.25) is 0 Å². The molecule has 0 bridgehead atoms. The van der Waals surface area contributed by atoms with Crippen LogP contribution in [0.3, 0.4) is 0 Å². The molecule has 1 N–H and O–H groups in total. The fourth-order valence-electron chi connectivity index (χ4n) is 1.39. The Labute approximate surface area is 94.1 Å². The highest BCUT2D eigenvalue weighted by atomic mass is 16.5. The van der Waals surface area contributed by atoms with Crippen molar-refractivity contribution in [1.82, 2.24) is 9.78 Å². The van der Waals surface area contributed by atoms with Gasteiger partial charge in [-0.05, 0) is 18.2 Å². The van der Waals surface area contributed by atoms with Gasteiger partial charge in [-0.3, -0.25) is 4.68 Å². The monoisotopic (exact) mass is 218 g/mol. The maximum Gasteiger partial charge on any atom is 0.119 e. The Morgan fingerprint density at radius 2 is 2.06 bits per heavy atom. The van der Waals surface area contributed by atoms with Crippen LogP contribution < -0.4 is 4.74 Å². The minimum atomic E-state index is -0.555. The third kappa shape index (κ3) is 3.10. The number of hydrogen-bond acceptors (Lipinski definition) is 3. The number of hydrogen-bond donors (Lipinski definition) is 1. The normalized spacial score (nSPS) is 12.3. The Kier molecular flexibility index (Phi) is 3.56. The SMILES string of the molecule is OC(COc1ccccc1)Cn1cccn1. The molecule has 0 aliphatic heterocycles. The molecule has 0 saturated carbocycles. The Bertz CT molecular complexity index is 400. The van der Waals surface area contributed by atoms with E-state index in [1.165, 1.54) is 0 Å². The van der Waals surface area contributed by atoms with Crippen molar-refractivity contribution in [2.75, 3.05) is 6.61 Å². The number of aliphatic hydroxyl groups is 1. The van der Waals surface area contributed by atoms with Crippen LogP contribution in [0.5, 0.6) is 5.75 Å². The first-order valence-corrected chi connectivity index (χ1v) is 5.18. The Balaban J connectivity index is 1.78. The first-order chi connectivity index (χ1) is 7.84. The van der Waals surface area contributed by atoms with Crippen molar-refractivity contribution in [3.8, 4) is 5.75 Å². The molecular weight excluding hydrogens is 204 g/mol. The van der Waals surface area contributed by atoms with Crippen LogP contribution in [0.4, 0.5) is 0 Å². The summed E-state index contributed by atoms with van der Waals surface area (Å²) < 4.78 is 7.11. The first kappa shape index (κ1) is 10.7. The molecule has 16 heavy (non-hydrogen) atoms. The largest absolute Gasteiger partial charge is 0.491 e. The molecule has 1 aromatic heterocycles. The molecule has 4 heteroatoms. The van der Waals surface area contributed by atoms with E-state index in [4.69, 9.17) is 4.74 Å². The van der Waals surface area contributed by atoms with E-state index in [0.29, 0.717) is 6.54 Å². The number of aliphatic hydroxyl groups excluding tert-OH is 1. The lowest BCUT2D eigenvalue weighted by Gasteiger charge is -2.12. The van der Waals surface area contributed by atoms with Crippen LogP contribution in [-0.4, -0.2) is 27.6 Å². The first-order valence-electron chi connectivity index (χ1n) is 5.18. The summed E-state index contributed by atoms with van der Waals surface area (Å²) in [5.41, 5.74) is 0. The lowest BCUT2D eigenvalue weighted by atomic mass is 10.3. The minimum absolute atomic E-state index is 0.268. The number of ether oxygens (including phenoxy) is 1. The molecule has 1 unspecified atom stereocenters. The van der Waals surface area contributed by atoms with Crippen LogP contribution in [0, 0.1) is 0 Å². The van der Waals surface area contributed by atoms with Crippen LogP contribution in [0.15, 0.2) is 48.8 Å². The van der Waals surface area contributed by atoms with E-state index in [2.05, 4.69) is 5.10 Å². The Morgan fingerprint density at radius 1 is 1.25 bits per heavy atom. The van der Waals surface area contributed by atoms with Crippen molar-refractivity contribution in [3.05, 3.63) is 48.8 Å². The Hall–Kier alpha value is -1.81. The summed E-state index contributed by atoms with van der Waals surface area (Å²) in [6.45, 7) is 0.712. The van der Waals surface area contributed by atoms with Gasteiger partial charge >= 0.3 is 0 Å². The molecule has 1 heterocycles. The molecule has 0 spiro atoms. The highest BCUT2D eigenvalue weighted by Gasteiger charge is 2.06. The number of para-hydroxylation sites is 1. The van der Waals surface area contributed by atoms with Crippen LogP contribution in [-0.2, 0) is 6.54 Å². The third-order valence-corrected chi connectivity index (χ3v) is 2.14. The fraction of sp³-hybridized carbons (Fsp3) is 0.250. The summed E-state index contributed by atoms with van der Waals surface area (Å²) in [5, 5.41) is 13.7. The van der Waals surface area contributed by atoms with Gasteiger partial charge in [0, 0.05) is 12.4 Å². The number of benzene rings is 1. The summed E-state index contributed by atoms with van der Waals surface area (Å²) in [6, 6.07) is 11.3. The van der Waals surface area contributed by atoms with Gasteiger partial charge in [0.15, 0.2) is 0 Å². The molecule has 1 aromatic carbocycles. The average molecular weight is 218 g/mol. The molecule has 0 aliphatic carbocycles. The molecule has 0 saturated heterocycles. The Morgan fingerprint density at radius 3 is 2.75 bits per heavy atom. The number of rotatable bonds is 5. The van der Waals surface area contributed by atoms with Crippen LogP contribution in [0.25, 0.3) is 0 Å². The van der Waals surface area contributed by atoms with E-state index in [-0.39, 0.29) is 6.61 Å². The molecule has 2 rings (SSSR count). The van der Waals surface area contributed by atoms with Crippen LogP contribution >= 0.6 is 0 Å². The molecule has 2 aromatic rings. The van der Waals surface area contributed by atoms with Crippen molar-refractivity contribution in [1.29, 1.82) is 0 Å².